The maximum absolute atomic E-state index is 12.4. The van der Waals surface area contributed by atoms with Crippen LogP contribution in [-0.4, -0.2) is 58.2 Å². The average Bonchev–Trinajstić information content (AvgIpc) is 3.17. The van der Waals surface area contributed by atoms with Crippen LogP contribution in [0, 0.1) is 5.92 Å². The van der Waals surface area contributed by atoms with Gasteiger partial charge in [-0.15, -0.1) is 0 Å². The lowest BCUT2D eigenvalue weighted by molar-refractivity contribution is -0.125. The number of imidazole rings is 1. The molecule has 4 heterocycles. The van der Waals surface area contributed by atoms with Gasteiger partial charge >= 0.3 is 0 Å². The second kappa shape index (κ2) is 7.45. The zero-order valence-corrected chi connectivity index (χ0v) is 18.2. The summed E-state index contributed by atoms with van der Waals surface area (Å²) in [5, 5.41) is 3.11. The zero-order valence-electron chi connectivity index (χ0n) is 18.2. The summed E-state index contributed by atoms with van der Waals surface area (Å²) in [6.45, 7) is 7.78. The minimum Gasteiger partial charge on any atom is -0.486 e. The van der Waals surface area contributed by atoms with E-state index in [1.54, 1.807) is 0 Å². The highest BCUT2D eigenvalue weighted by molar-refractivity contribution is 5.85. The fourth-order valence-electron chi connectivity index (χ4n) is 5.44. The molecule has 3 aliphatic rings. The third-order valence-electron chi connectivity index (χ3n) is 6.51. The SMILES string of the molecule is CC(C)(C)NC(=O)CN1[C@@H]2CC[C@H]1C[C@@H](Cc1nc3c4c(ccc3[nH]1)OCCO4)C2. The molecule has 3 atom stereocenters. The first-order valence-corrected chi connectivity index (χ1v) is 11.2. The fourth-order valence-corrected chi connectivity index (χ4v) is 5.44. The first-order chi connectivity index (χ1) is 14.4. The number of piperidine rings is 1. The molecule has 0 spiro atoms. The van der Waals surface area contributed by atoms with Gasteiger partial charge in [-0.1, -0.05) is 0 Å². The summed E-state index contributed by atoms with van der Waals surface area (Å²) in [4.78, 5) is 23.2. The van der Waals surface area contributed by atoms with Crippen molar-refractivity contribution in [2.75, 3.05) is 19.8 Å². The summed E-state index contributed by atoms with van der Waals surface area (Å²) < 4.78 is 11.5. The molecule has 7 nitrogen and oxygen atoms in total. The summed E-state index contributed by atoms with van der Waals surface area (Å²) in [5.41, 5.74) is 1.71. The number of ether oxygens (including phenoxy) is 2. The Morgan fingerprint density at radius 1 is 1.20 bits per heavy atom. The highest BCUT2D eigenvalue weighted by Gasteiger charge is 2.41. The lowest BCUT2D eigenvalue weighted by Crippen LogP contribution is -2.51. The molecule has 30 heavy (non-hydrogen) atoms. The van der Waals surface area contributed by atoms with Crippen molar-refractivity contribution in [1.29, 1.82) is 0 Å². The number of nitrogens with zero attached hydrogens (tertiary/aromatic N) is 2. The Labute approximate surface area is 177 Å². The Morgan fingerprint density at radius 3 is 2.67 bits per heavy atom. The van der Waals surface area contributed by atoms with Crippen LogP contribution in [0.15, 0.2) is 12.1 Å². The first kappa shape index (κ1) is 19.7. The molecule has 5 rings (SSSR count). The van der Waals surface area contributed by atoms with Gasteiger partial charge in [0.1, 0.15) is 24.6 Å². The van der Waals surface area contributed by atoms with E-state index in [-0.39, 0.29) is 11.4 Å². The van der Waals surface area contributed by atoms with Crippen LogP contribution in [-0.2, 0) is 11.2 Å². The van der Waals surface area contributed by atoms with Crippen LogP contribution in [0.25, 0.3) is 11.0 Å². The van der Waals surface area contributed by atoms with E-state index in [1.165, 1.54) is 12.8 Å². The molecule has 2 bridgehead atoms. The predicted molar refractivity (Wildman–Crippen MR) is 115 cm³/mol. The Kier molecular flexibility index (Phi) is 4.88. The molecule has 0 unspecified atom stereocenters. The van der Waals surface area contributed by atoms with E-state index >= 15 is 0 Å². The number of rotatable bonds is 4. The molecule has 0 radical (unpaired) electrons. The smallest absolute Gasteiger partial charge is 0.234 e. The highest BCUT2D eigenvalue weighted by atomic mass is 16.6. The molecule has 2 saturated heterocycles. The molecule has 0 saturated carbocycles. The third-order valence-corrected chi connectivity index (χ3v) is 6.51. The van der Waals surface area contributed by atoms with Crippen molar-refractivity contribution in [2.24, 2.45) is 5.92 Å². The number of carbonyl (C=O) groups excluding carboxylic acids is 1. The second-order valence-corrected chi connectivity index (χ2v) is 10.1. The van der Waals surface area contributed by atoms with Gasteiger partial charge in [0, 0.05) is 24.0 Å². The quantitative estimate of drug-likeness (QED) is 0.807. The van der Waals surface area contributed by atoms with Gasteiger partial charge in [0.2, 0.25) is 5.91 Å². The van der Waals surface area contributed by atoms with Crippen molar-refractivity contribution in [2.45, 2.75) is 70.5 Å². The molecule has 2 fully saturated rings. The number of fused-ring (bicyclic) bond motifs is 5. The molecule has 7 heteroatoms. The Morgan fingerprint density at radius 2 is 1.93 bits per heavy atom. The molecule has 0 aliphatic carbocycles. The monoisotopic (exact) mass is 412 g/mol. The van der Waals surface area contributed by atoms with Gasteiger partial charge in [-0.25, -0.2) is 4.98 Å². The second-order valence-electron chi connectivity index (χ2n) is 10.1. The summed E-state index contributed by atoms with van der Waals surface area (Å²) in [6.07, 6.45) is 5.60. The molecular formula is C23H32N4O3. The number of aromatic nitrogens is 2. The Balaban J connectivity index is 1.25. The van der Waals surface area contributed by atoms with Gasteiger partial charge in [-0.05, 0) is 64.5 Å². The third kappa shape index (κ3) is 3.87. The topological polar surface area (TPSA) is 79.5 Å². The number of amides is 1. The van der Waals surface area contributed by atoms with Gasteiger partial charge in [0.25, 0.3) is 0 Å². The van der Waals surface area contributed by atoms with Crippen molar-refractivity contribution in [3.05, 3.63) is 18.0 Å². The van der Waals surface area contributed by atoms with Crippen LogP contribution in [0.4, 0.5) is 0 Å². The Hall–Kier alpha value is -2.28. The van der Waals surface area contributed by atoms with Crippen LogP contribution >= 0.6 is 0 Å². The predicted octanol–water partition coefficient (Wildman–Crippen LogP) is 3.03. The van der Waals surface area contributed by atoms with Crippen molar-refractivity contribution >= 4 is 16.9 Å². The van der Waals surface area contributed by atoms with Crippen LogP contribution in [0.5, 0.6) is 11.5 Å². The van der Waals surface area contributed by atoms with E-state index in [9.17, 15) is 4.79 Å². The summed E-state index contributed by atoms with van der Waals surface area (Å²) in [6, 6.07) is 5.00. The minimum atomic E-state index is -0.177. The molecule has 3 aliphatic heterocycles. The zero-order chi connectivity index (χ0) is 20.9. The Bertz CT molecular complexity index is 934. The summed E-state index contributed by atoms with van der Waals surface area (Å²) in [7, 11) is 0. The number of benzene rings is 1. The van der Waals surface area contributed by atoms with E-state index in [0.717, 1.165) is 47.6 Å². The molecule has 1 amide bonds. The summed E-state index contributed by atoms with van der Waals surface area (Å²) >= 11 is 0. The first-order valence-electron chi connectivity index (χ1n) is 11.2. The van der Waals surface area contributed by atoms with Gasteiger partial charge in [-0.3, -0.25) is 9.69 Å². The normalized spacial score (nSPS) is 26.2. The average molecular weight is 413 g/mol. The van der Waals surface area contributed by atoms with Crippen LogP contribution < -0.4 is 14.8 Å². The molecule has 2 aromatic rings. The van der Waals surface area contributed by atoms with E-state index < -0.39 is 0 Å². The largest absolute Gasteiger partial charge is 0.486 e. The molecule has 162 valence electrons. The number of H-pyrrole nitrogens is 1. The maximum atomic E-state index is 12.4. The number of hydrogen-bond acceptors (Lipinski definition) is 5. The standard InChI is InChI=1S/C23H32N4O3/c1-23(2,3)26-20(28)13-27-15-4-5-16(27)11-14(10-15)12-19-24-17-6-7-18-22(21(17)25-19)30-9-8-29-18/h6-7,14-16H,4-5,8-13H2,1-3H3,(H,24,25)(H,26,28)/t14-,15+,16-. The van der Waals surface area contributed by atoms with Crippen molar-refractivity contribution < 1.29 is 14.3 Å². The van der Waals surface area contributed by atoms with Crippen molar-refractivity contribution in [1.82, 2.24) is 20.2 Å². The number of nitrogens with one attached hydrogen (secondary N) is 2. The van der Waals surface area contributed by atoms with Crippen LogP contribution in [0.3, 0.4) is 0 Å². The van der Waals surface area contributed by atoms with Crippen LogP contribution in [0.1, 0.15) is 52.3 Å². The minimum absolute atomic E-state index is 0.141. The lowest BCUT2D eigenvalue weighted by atomic mass is 9.88. The van der Waals surface area contributed by atoms with Gasteiger partial charge in [0.15, 0.2) is 11.5 Å². The highest BCUT2D eigenvalue weighted by Crippen LogP contribution is 2.40. The van der Waals surface area contributed by atoms with Crippen LogP contribution in [0.2, 0.25) is 0 Å². The van der Waals surface area contributed by atoms with Gasteiger partial charge in [0.05, 0.1) is 12.1 Å². The van der Waals surface area contributed by atoms with Crippen molar-refractivity contribution in [3.63, 3.8) is 0 Å². The van der Waals surface area contributed by atoms with Gasteiger partial charge < -0.3 is 19.8 Å². The lowest BCUT2D eigenvalue weighted by Gasteiger charge is -2.38. The fraction of sp³-hybridized carbons (Fsp3) is 0.652. The molecule has 2 N–H and O–H groups in total. The number of hydrogen-bond donors (Lipinski definition) is 2. The van der Waals surface area contributed by atoms with E-state index in [2.05, 4.69) is 15.2 Å². The van der Waals surface area contributed by atoms with E-state index in [0.29, 0.717) is 37.8 Å². The number of carbonyl (C=O) groups is 1. The molecular weight excluding hydrogens is 380 g/mol. The summed E-state index contributed by atoms with van der Waals surface area (Å²) in [5.74, 6) is 3.31. The number of aromatic amines is 1. The van der Waals surface area contributed by atoms with E-state index in [1.807, 2.05) is 32.9 Å². The van der Waals surface area contributed by atoms with Crippen molar-refractivity contribution in [3.8, 4) is 11.5 Å². The van der Waals surface area contributed by atoms with Gasteiger partial charge in [-0.2, -0.15) is 0 Å². The maximum Gasteiger partial charge on any atom is 0.234 e. The van der Waals surface area contributed by atoms with E-state index in [4.69, 9.17) is 14.5 Å². The molecule has 1 aromatic carbocycles. The molecule has 1 aromatic heterocycles.